The van der Waals surface area contributed by atoms with Crippen LogP contribution in [0, 0.1) is 0 Å². The van der Waals surface area contributed by atoms with Crippen molar-refractivity contribution in [3.8, 4) is 0 Å². The van der Waals surface area contributed by atoms with E-state index in [4.69, 9.17) is 18.9 Å². The smallest absolute Gasteiger partial charge is 0.306 e. The highest BCUT2D eigenvalue weighted by atomic mass is 32.2. The van der Waals surface area contributed by atoms with Gasteiger partial charge < -0.3 is 34.3 Å². The van der Waals surface area contributed by atoms with E-state index < -0.39 is 71.2 Å². The van der Waals surface area contributed by atoms with Crippen LogP contribution in [0.5, 0.6) is 0 Å². The van der Waals surface area contributed by atoms with Gasteiger partial charge in [-0.1, -0.05) is 126 Å². The van der Waals surface area contributed by atoms with E-state index in [2.05, 4.69) is 56.4 Å². The van der Waals surface area contributed by atoms with E-state index in [0.29, 0.717) is 19.3 Å². The van der Waals surface area contributed by atoms with Gasteiger partial charge in [0.2, 0.25) is 0 Å². The Morgan fingerprint density at radius 2 is 1.16 bits per heavy atom. The number of esters is 2. The second kappa shape index (κ2) is 33.3. The third-order valence-electron chi connectivity index (χ3n) is 9.09. The summed E-state index contributed by atoms with van der Waals surface area (Å²) in [6.45, 7) is 3.54. The minimum absolute atomic E-state index is 0.0392. The molecule has 322 valence electrons. The predicted octanol–water partition coefficient (Wildman–Crippen LogP) is 7.78. The zero-order valence-corrected chi connectivity index (χ0v) is 34.8. The van der Waals surface area contributed by atoms with Crippen LogP contribution in [0.25, 0.3) is 0 Å². The topological polar surface area (TPSA) is 186 Å². The number of ether oxygens (including phenoxy) is 4. The summed E-state index contributed by atoms with van der Waals surface area (Å²) in [6, 6.07) is 0. The van der Waals surface area contributed by atoms with Gasteiger partial charge in [-0.05, 0) is 64.2 Å². The molecule has 4 N–H and O–H groups in total. The normalized spacial score (nSPS) is 21.3. The lowest BCUT2D eigenvalue weighted by atomic mass is 10.00. The second-order valence-electron chi connectivity index (χ2n) is 14.3. The van der Waals surface area contributed by atoms with Crippen molar-refractivity contribution in [1.82, 2.24) is 0 Å². The molecular weight excluding hydrogens is 741 g/mol. The van der Waals surface area contributed by atoms with Gasteiger partial charge in [0, 0.05) is 12.8 Å². The quantitative estimate of drug-likeness (QED) is 0.0219. The van der Waals surface area contributed by atoms with Crippen LogP contribution in [-0.4, -0.2) is 96.0 Å². The van der Waals surface area contributed by atoms with Gasteiger partial charge in [0.05, 0.1) is 6.61 Å². The molecule has 0 aliphatic carbocycles. The molecule has 1 rings (SSSR count). The molecule has 0 aromatic rings. The highest BCUT2D eigenvalue weighted by molar-refractivity contribution is 7.85. The Labute approximate surface area is 336 Å². The van der Waals surface area contributed by atoms with Gasteiger partial charge >= 0.3 is 11.9 Å². The molecule has 1 aliphatic rings. The molecule has 0 radical (unpaired) electrons. The summed E-state index contributed by atoms with van der Waals surface area (Å²) in [5.41, 5.74) is 0. The summed E-state index contributed by atoms with van der Waals surface area (Å²) in [4.78, 5) is 25.3. The second-order valence-corrected chi connectivity index (χ2v) is 15.8. The minimum atomic E-state index is -4.61. The van der Waals surface area contributed by atoms with Gasteiger partial charge in [-0.25, -0.2) is 0 Å². The van der Waals surface area contributed by atoms with Crippen molar-refractivity contribution in [2.75, 3.05) is 19.0 Å². The number of unbranched alkanes of at least 4 members (excludes halogenated alkanes) is 11. The summed E-state index contributed by atoms with van der Waals surface area (Å²) in [5.74, 6) is -2.11. The van der Waals surface area contributed by atoms with Crippen molar-refractivity contribution in [3.63, 3.8) is 0 Å². The summed E-state index contributed by atoms with van der Waals surface area (Å²) in [7, 11) is -4.61. The summed E-state index contributed by atoms with van der Waals surface area (Å²) < 4.78 is 53.8. The largest absolute Gasteiger partial charge is 0.462 e. The Morgan fingerprint density at radius 3 is 1.75 bits per heavy atom. The molecule has 0 saturated carbocycles. The number of carbonyl (C=O) groups excluding carboxylic acids is 2. The molecule has 56 heavy (non-hydrogen) atoms. The molecular formula is C43H72O12S. The minimum Gasteiger partial charge on any atom is -0.462 e. The molecule has 12 nitrogen and oxygen atoms in total. The molecule has 1 fully saturated rings. The van der Waals surface area contributed by atoms with E-state index >= 15 is 0 Å². The van der Waals surface area contributed by atoms with Crippen LogP contribution in [0.4, 0.5) is 0 Å². The first kappa shape index (κ1) is 51.4. The van der Waals surface area contributed by atoms with Crippen LogP contribution in [0.2, 0.25) is 0 Å². The average molecular weight is 813 g/mol. The van der Waals surface area contributed by atoms with Crippen molar-refractivity contribution in [1.29, 1.82) is 0 Å². The first-order valence-corrected chi connectivity index (χ1v) is 22.5. The number of hydrogen-bond acceptors (Lipinski definition) is 11. The van der Waals surface area contributed by atoms with Crippen LogP contribution in [0.1, 0.15) is 142 Å². The van der Waals surface area contributed by atoms with Crippen molar-refractivity contribution in [2.45, 2.75) is 179 Å². The molecule has 6 unspecified atom stereocenters. The summed E-state index contributed by atoms with van der Waals surface area (Å²) >= 11 is 0. The number of hydrogen-bond donors (Lipinski definition) is 4. The Kier molecular flexibility index (Phi) is 30.6. The van der Waals surface area contributed by atoms with Crippen LogP contribution in [0.3, 0.4) is 0 Å². The lowest BCUT2D eigenvalue weighted by Crippen LogP contribution is -2.60. The number of carbonyl (C=O) groups is 2. The highest BCUT2D eigenvalue weighted by Gasteiger charge is 2.46. The maximum absolute atomic E-state index is 12.7. The molecule has 0 amide bonds. The Morgan fingerprint density at radius 1 is 0.625 bits per heavy atom. The number of aliphatic hydroxyl groups is 3. The Bertz CT molecular complexity index is 1280. The van der Waals surface area contributed by atoms with Crippen LogP contribution in [-0.2, 0) is 38.7 Å². The van der Waals surface area contributed by atoms with Crippen LogP contribution < -0.4 is 0 Å². The van der Waals surface area contributed by atoms with Gasteiger partial charge in [0.15, 0.2) is 12.4 Å². The van der Waals surface area contributed by atoms with E-state index in [1.807, 2.05) is 18.2 Å². The Hall–Kier alpha value is -2.65. The van der Waals surface area contributed by atoms with Gasteiger partial charge in [-0.2, -0.15) is 8.42 Å². The first-order chi connectivity index (χ1) is 27.0. The summed E-state index contributed by atoms with van der Waals surface area (Å²) in [6.07, 6.45) is 30.1. The molecule has 13 heteroatoms. The molecule has 6 atom stereocenters. The van der Waals surface area contributed by atoms with Crippen molar-refractivity contribution in [2.24, 2.45) is 0 Å². The molecule has 1 heterocycles. The monoisotopic (exact) mass is 812 g/mol. The van der Waals surface area contributed by atoms with Gasteiger partial charge in [0.25, 0.3) is 10.1 Å². The predicted molar refractivity (Wildman–Crippen MR) is 219 cm³/mol. The molecule has 0 aromatic carbocycles. The van der Waals surface area contributed by atoms with E-state index in [-0.39, 0.29) is 19.4 Å². The van der Waals surface area contributed by atoms with E-state index in [1.54, 1.807) is 0 Å². The molecule has 1 saturated heterocycles. The maximum atomic E-state index is 12.7. The summed E-state index contributed by atoms with van der Waals surface area (Å²) in [5, 5.41) is 30.8. The van der Waals surface area contributed by atoms with Gasteiger partial charge in [-0.3, -0.25) is 14.1 Å². The SMILES string of the molecule is CC/C=C\C/C=C\C/C=C\C/C=C\CCC(=O)OC(COC(=O)CCCCCCC/C=C\CCCCCCCC)COC1OC(CS(=O)(=O)O)C(O)C(O)C1O. The fourth-order valence-electron chi connectivity index (χ4n) is 5.86. The van der Waals surface area contributed by atoms with E-state index in [9.17, 15) is 37.9 Å². The van der Waals surface area contributed by atoms with Crippen LogP contribution >= 0.6 is 0 Å². The third kappa shape index (κ3) is 27.9. The van der Waals surface area contributed by atoms with Crippen molar-refractivity contribution < 1.29 is 56.8 Å². The molecule has 1 aliphatic heterocycles. The third-order valence-corrected chi connectivity index (χ3v) is 9.84. The first-order valence-electron chi connectivity index (χ1n) is 20.8. The van der Waals surface area contributed by atoms with E-state index in [1.165, 1.54) is 38.5 Å². The highest BCUT2D eigenvalue weighted by Crippen LogP contribution is 2.24. The van der Waals surface area contributed by atoms with Crippen LogP contribution in [0.15, 0.2) is 60.8 Å². The zero-order valence-electron chi connectivity index (χ0n) is 34.0. The lowest BCUT2D eigenvalue weighted by molar-refractivity contribution is -0.297. The average Bonchev–Trinajstić information content (AvgIpc) is 3.16. The Balaban J connectivity index is 2.54. The lowest BCUT2D eigenvalue weighted by Gasteiger charge is -2.40. The van der Waals surface area contributed by atoms with E-state index in [0.717, 1.165) is 57.8 Å². The van der Waals surface area contributed by atoms with Crippen molar-refractivity contribution in [3.05, 3.63) is 60.8 Å². The standard InChI is InChI=1S/C43H72O12S/c1-3-5-7-9-11-13-15-17-18-20-21-23-25-27-29-31-38(44)52-33-36(34-53-43-42(48)41(47)40(46)37(55-43)35-56(49,50)51)54-39(45)32-30-28-26-24-22-19-16-14-12-10-8-6-4-2/h6,8,12,14,17-19,22,26,28,36-37,40-43,46-48H,3-5,7,9-11,13,15-16,20-21,23-25,27,29-35H2,1-2H3,(H,49,50,51)/b8-6-,14-12-,18-17-,22-19-,28-26-. The number of allylic oxidation sites excluding steroid dienone is 10. The fourth-order valence-corrected chi connectivity index (χ4v) is 6.55. The molecule has 0 aromatic heterocycles. The maximum Gasteiger partial charge on any atom is 0.306 e. The molecule has 0 bridgehead atoms. The van der Waals surface area contributed by atoms with Crippen molar-refractivity contribution >= 4 is 22.1 Å². The number of rotatable bonds is 33. The fraction of sp³-hybridized carbons (Fsp3) is 0.721. The van der Waals surface area contributed by atoms with Gasteiger partial charge in [0.1, 0.15) is 36.8 Å². The zero-order chi connectivity index (χ0) is 41.3. The molecule has 0 spiro atoms. The number of aliphatic hydroxyl groups excluding tert-OH is 3. The van der Waals surface area contributed by atoms with Gasteiger partial charge in [-0.15, -0.1) is 0 Å².